The van der Waals surface area contributed by atoms with Gasteiger partial charge in [0.15, 0.2) is 6.29 Å². The maximum Gasteiger partial charge on any atom is 0.183 e. The molecule has 0 unspecified atom stereocenters. The van der Waals surface area contributed by atoms with Crippen LogP contribution in [0.5, 0.6) is 0 Å². The molecule has 0 atom stereocenters. The summed E-state index contributed by atoms with van der Waals surface area (Å²) in [6.45, 7) is 7.94. The summed E-state index contributed by atoms with van der Waals surface area (Å²) in [4.78, 5) is 0. The van der Waals surface area contributed by atoms with Gasteiger partial charge >= 0.3 is 0 Å². The van der Waals surface area contributed by atoms with E-state index in [-0.39, 0.29) is 6.29 Å². The minimum absolute atomic E-state index is 0.166. The summed E-state index contributed by atoms with van der Waals surface area (Å²) in [6, 6.07) is 6.36. The molecule has 0 saturated carbocycles. The Labute approximate surface area is 91.2 Å². The first-order valence-electron chi connectivity index (χ1n) is 5.47. The van der Waals surface area contributed by atoms with Crippen LogP contribution in [-0.4, -0.2) is 13.2 Å². The van der Waals surface area contributed by atoms with Gasteiger partial charge in [-0.1, -0.05) is 25.1 Å². The van der Waals surface area contributed by atoms with Crippen LogP contribution in [0.2, 0.25) is 0 Å². The van der Waals surface area contributed by atoms with E-state index in [1.54, 1.807) is 0 Å². The Bertz CT molecular complexity index is 338. The summed E-state index contributed by atoms with van der Waals surface area (Å²) < 4.78 is 11.3. The fraction of sp³-hybridized carbons (Fsp3) is 0.538. The highest BCUT2D eigenvalue weighted by Gasteiger charge is 2.20. The third-order valence-electron chi connectivity index (χ3n) is 2.87. The highest BCUT2D eigenvalue weighted by atomic mass is 16.7. The number of ether oxygens (including phenoxy) is 2. The predicted octanol–water partition coefficient (Wildman–Crippen LogP) is 2.98. The van der Waals surface area contributed by atoms with Crippen LogP contribution in [0.25, 0.3) is 0 Å². The van der Waals surface area contributed by atoms with Gasteiger partial charge in [-0.05, 0) is 25.0 Å². The van der Waals surface area contributed by atoms with Crippen molar-refractivity contribution in [3.8, 4) is 0 Å². The number of hydrogen-bond acceptors (Lipinski definition) is 2. The van der Waals surface area contributed by atoms with Gasteiger partial charge in [0.25, 0.3) is 0 Å². The maximum atomic E-state index is 5.65. The van der Waals surface area contributed by atoms with Gasteiger partial charge in [0.1, 0.15) is 0 Å². The Morgan fingerprint density at radius 3 is 2.33 bits per heavy atom. The molecule has 0 aliphatic carbocycles. The van der Waals surface area contributed by atoms with Crippen molar-refractivity contribution in [1.82, 2.24) is 0 Å². The molecule has 1 aliphatic rings. The minimum atomic E-state index is -0.166. The van der Waals surface area contributed by atoms with Crippen LogP contribution in [-0.2, 0) is 9.47 Å². The minimum Gasteiger partial charge on any atom is -0.348 e. The Morgan fingerprint density at radius 2 is 1.73 bits per heavy atom. The summed E-state index contributed by atoms with van der Waals surface area (Å²) in [7, 11) is 0. The summed E-state index contributed by atoms with van der Waals surface area (Å²) in [5, 5.41) is 0. The average Bonchev–Trinajstić information content (AvgIpc) is 2.23. The van der Waals surface area contributed by atoms with Crippen LogP contribution in [0, 0.1) is 19.8 Å². The number of hydrogen-bond donors (Lipinski definition) is 0. The standard InChI is InChI=1S/C13H18O2/c1-9-7-14-13(15-8-9)12-5-4-10(2)11(3)6-12/h4-6,9,13H,7-8H2,1-3H3. The van der Waals surface area contributed by atoms with Crippen LogP contribution >= 0.6 is 0 Å². The first kappa shape index (κ1) is 10.7. The highest BCUT2D eigenvalue weighted by Crippen LogP contribution is 2.26. The monoisotopic (exact) mass is 206 g/mol. The molecular formula is C13H18O2. The van der Waals surface area contributed by atoms with Gasteiger partial charge in [0, 0.05) is 11.5 Å². The molecule has 1 fully saturated rings. The van der Waals surface area contributed by atoms with E-state index in [1.165, 1.54) is 11.1 Å². The highest BCUT2D eigenvalue weighted by molar-refractivity contribution is 5.30. The maximum absolute atomic E-state index is 5.65. The molecule has 2 rings (SSSR count). The van der Waals surface area contributed by atoms with Crippen LogP contribution < -0.4 is 0 Å². The summed E-state index contributed by atoms with van der Waals surface area (Å²) in [5.74, 6) is 0.507. The molecule has 82 valence electrons. The zero-order valence-electron chi connectivity index (χ0n) is 9.62. The number of benzene rings is 1. The van der Waals surface area contributed by atoms with E-state index in [2.05, 4.69) is 39.0 Å². The lowest BCUT2D eigenvalue weighted by atomic mass is 10.1. The fourth-order valence-corrected chi connectivity index (χ4v) is 1.70. The molecule has 0 spiro atoms. The summed E-state index contributed by atoms with van der Waals surface area (Å²) in [5.41, 5.74) is 3.73. The second kappa shape index (κ2) is 4.33. The van der Waals surface area contributed by atoms with E-state index in [0.717, 1.165) is 18.8 Å². The van der Waals surface area contributed by atoms with E-state index in [0.29, 0.717) is 5.92 Å². The third-order valence-corrected chi connectivity index (χ3v) is 2.87. The lowest BCUT2D eigenvalue weighted by Gasteiger charge is -2.27. The Hall–Kier alpha value is -0.860. The molecule has 0 amide bonds. The van der Waals surface area contributed by atoms with Crippen molar-refractivity contribution in [3.63, 3.8) is 0 Å². The quantitative estimate of drug-likeness (QED) is 0.703. The van der Waals surface area contributed by atoms with Crippen LogP contribution in [0.15, 0.2) is 18.2 Å². The van der Waals surface area contributed by atoms with Crippen molar-refractivity contribution in [3.05, 3.63) is 34.9 Å². The zero-order valence-corrected chi connectivity index (χ0v) is 9.62. The van der Waals surface area contributed by atoms with E-state index in [9.17, 15) is 0 Å². The topological polar surface area (TPSA) is 18.5 Å². The van der Waals surface area contributed by atoms with Gasteiger partial charge in [0.05, 0.1) is 13.2 Å². The normalized spacial score (nSPS) is 26.6. The molecule has 1 aromatic rings. The molecule has 1 heterocycles. The number of aryl methyl sites for hydroxylation is 2. The van der Waals surface area contributed by atoms with Crippen molar-refractivity contribution in [2.24, 2.45) is 5.92 Å². The largest absolute Gasteiger partial charge is 0.348 e. The van der Waals surface area contributed by atoms with E-state index >= 15 is 0 Å². The van der Waals surface area contributed by atoms with Crippen molar-refractivity contribution in [2.45, 2.75) is 27.1 Å². The molecule has 15 heavy (non-hydrogen) atoms. The first-order valence-corrected chi connectivity index (χ1v) is 5.47. The Morgan fingerprint density at radius 1 is 1.07 bits per heavy atom. The van der Waals surface area contributed by atoms with E-state index in [4.69, 9.17) is 9.47 Å². The van der Waals surface area contributed by atoms with Gasteiger partial charge in [-0.25, -0.2) is 0 Å². The molecule has 0 radical (unpaired) electrons. The zero-order chi connectivity index (χ0) is 10.8. The summed E-state index contributed by atoms with van der Waals surface area (Å²) in [6.07, 6.45) is -0.166. The molecule has 0 aromatic heterocycles. The summed E-state index contributed by atoms with van der Waals surface area (Å²) >= 11 is 0. The molecule has 1 aliphatic heterocycles. The average molecular weight is 206 g/mol. The van der Waals surface area contributed by atoms with Crippen molar-refractivity contribution < 1.29 is 9.47 Å². The predicted molar refractivity (Wildman–Crippen MR) is 59.7 cm³/mol. The molecule has 2 nitrogen and oxygen atoms in total. The van der Waals surface area contributed by atoms with Crippen molar-refractivity contribution >= 4 is 0 Å². The molecule has 1 aromatic carbocycles. The fourth-order valence-electron chi connectivity index (χ4n) is 1.70. The molecule has 1 saturated heterocycles. The number of rotatable bonds is 1. The van der Waals surface area contributed by atoms with Gasteiger partial charge in [-0.2, -0.15) is 0 Å². The van der Waals surface area contributed by atoms with Gasteiger partial charge in [0.2, 0.25) is 0 Å². The smallest absolute Gasteiger partial charge is 0.183 e. The van der Waals surface area contributed by atoms with Crippen LogP contribution in [0.3, 0.4) is 0 Å². The van der Waals surface area contributed by atoms with Gasteiger partial charge in [-0.3, -0.25) is 0 Å². The Kier molecular flexibility index (Phi) is 3.08. The second-order valence-electron chi connectivity index (χ2n) is 4.45. The SMILES string of the molecule is Cc1ccc(C2OCC(C)CO2)cc1C. The molecule has 0 bridgehead atoms. The van der Waals surface area contributed by atoms with E-state index in [1.807, 2.05) is 0 Å². The molecule has 0 N–H and O–H groups in total. The first-order chi connectivity index (χ1) is 7.16. The lowest BCUT2D eigenvalue weighted by Crippen LogP contribution is -2.25. The van der Waals surface area contributed by atoms with Crippen LogP contribution in [0.1, 0.15) is 29.9 Å². The third kappa shape index (κ3) is 2.39. The van der Waals surface area contributed by atoms with Crippen LogP contribution in [0.4, 0.5) is 0 Å². The van der Waals surface area contributed by atoms with Crippen molar-refractivity contribution in [2.75, 3.05) is 13.2 Å². The Balaban J connectivity index is 2.12. The van der Waals surface area contributed by atoms with E-state index < -0.39 is 0 Å². The van der Waals surface area contributed by atoms with Gasteiger partial charge in [-0.15, -0.1) is 0 Å². The van der Waals surface area contributed by atoms with Crippen molar-refractivity contribution in [1.29, 1.82) is 0 Å². The molecule has 2 heteroatoms. The van der Waals surface area contributed by atoms with Gasteiger partial charge < -0.3 is 9.47 Å². The lowest BCUT2D eigenvalue weighted by molar-refractivity contribution is -0.202. The molecular weight excluding hydrogens is 188 g/mol. The second-order valence-corrected chi connectivity index (χ2v) is 4.45.